The zero-order valence-electron chi connectivity index (χ0n) is 9.93. The van der Waals surface area contributed by atoms with Gasteiger partial charge in [-0.15, -0.1) is 0 Å². The summed E-state index contributed by atoms with van der Waals surface area (Å²) in [4.78, 5) is 8.16. The van der Waals surface area contributed by atoms with E-state index in [1.807, 2.05) is 18.2 Å². The Labute approximate surface area is 110 Å². The summed E-state index contributed by atoms with van der Waals surface area (Å²) in [7, 11) is 0. The van der Waals surface area contributed by atoms with E-state index in [0.717, 1.165) is 5.56 Å². The first-order valence-electron chi connectivity index (χ1n) is 5.49. The Balaban J connectivity index is 2.12. The molecule has 2 rings (SSSR count). The molecule has 94 valence electrons. The first-order valence-corrected chi connectivity index (χ1v) is 5.87. The van der Waals surface area contributed by atoms with Crippen molar-refractivity contribution in [3.63, 3.8) is 0 Å². The molecule has 1 aromatic carbocycles. The van der Waals surface area contributed by atoms with Crippen LogP contribution in [-0.2, 0) is 13.2 Å². The fourth-order valence-electron chi connectivity index (χ4n) is 1.49. The maximum absolute atomic E-state index is 9.17. The second-order valence-electron chi connectivity index (χ2n) is 3.82. The number of halogens is 1. The van der Waals surface area contributed by atoms with Crippen molar-refractivity contribution in [3.05, 3.63) is 52.4 Å². The molecule has 0 saturated heterocycles. The maximum Gasteiger partial charge on any atom is 0.222 e. The van der Waals surface area contributed by atoms with E-state index >= 15 is 0 Å². The van der Waals surface area contributed by atoms with Crippen molar-refractivity contribution in [2.24, 2.45) is 0 Å². The number of hydrogen-bond donors (Lipinski definition) is 1. The van der Waals surface area contributed by atoms with E-state index < -0.39 is 0 Å². The molecule has 1 aromatic heterocycles. The third-order valence-corrected chi connectivity index (χ3v) is 2.62. The lowest BCUT2D eigenvalue weighted by molar-refractivity contribution is 0.251. The Bertz CT molecular complexity index is 546. The number of ether oxygens (including phenoxy) is 1. The lowest BCUT2D eigenvalue weighted by Gasteiger charge is -2.09. The predicted molar refractivity (Wildman–Crippen MR) is 68.5 cm³/mol. The van der Waals surface area contributed by atoms with Crippen molar-refractivity contribution < 1.29 is 9.84 Å². The highest BCUT2D eigenvalue weighted by molar-refractivity contribution is 6.30. The zero-order valence-corrected chi connectivity index (χ0v) is 10.7. The molecule has 0 aliphatic carbocycles. The van der Waals surface area contributed by atoms with Crippen LogP contribution in [0.25, 0.3) is 0 Å². The molecule has 4 nitrogen and oxygen atoms in total. The number of rotatable bonds is 4. The van der Waals surface area contributed by atoms with E-state index in [1.54, 1.807) is 19.2 Å². The summed E-state index contributed by atoms with van der Waals surface area (Å²) in [6.07, 6.45) is 1.57. The van der Waals surface area contributed by atoms with Gasteiger partial charge in [-0.1, -0.05) is 23.7 Å². The van der Waals surface area contributed by atoms with Crippen LogP contribution in [-0.4, -0.2) is 15.1 Å². The first kappa shape index (κ1) is 12.8. The minimum atomic E-state index is -0.148. The number of aryl methyl sites for hydroxylation is 1. The fourth-order valence-corrected chi connectivity index (χ4v) is 1.70. The summed E-state index contributed by atoms with van der Waals surface area (Å²) >= 11 is 5.89. The van der Waals surface area contributed by atoms with E-state index in [2.05, 4.69) is 9.97 Å². The molecule has 0 spiro atoms. The van der Waals surface area contributed by atoms with Gasteiger partial charge in [0.15, 0.2) is 0 Å². The molecule has 5 heteroatoms. The Morgan fingerprint density at radius 2 is 2.22 bits per heavy atom. The molecular weight excluding hydrogens is 252 g/mol. The maximum atomic E-state index is 9.17. The standard InChI is InChI=1S/C13H13ClN2O2/c1-9-15-6-11(7-17)13(16-9)18-8-10-3-2-4-12(14)5-10/h2-6,17H,7-8H2,1H3. The molecule has 1 heterocycles. The predicted octanol–water partition coefficient (Wildman–Crippen LogP) is 2.51. The summed E-state index contributed by atoms with van der Waals surface area (Å²) in [5.41, 5.74) is 1.52. The molecule has 2 aromatic rings. The summed E-state index contributed by atoms with van der Waals surface area (Å²) in [6, 6.07) is 7.41. The summed E-state index contributed by atoms with van der Waals surface area (Å²) in [5.74, 6) is 1.01. The van der Waals surface area contributed by atoms with Crippen LogP contribution in [0.1, 0.15) is 17.0 Å². The van der Waals surface area contributed by atoms with Crippen LogP contribution in [0.15, 0.2) is 30.5 Å². The van der Waals surface area contributed by atoms with E-state index in [0.29, 0.717) is 28.9 Å². The van der Waals surface area contributed by atoms with Crippen LogP contribution in [0.4, 0.5) is 0 Å². The molecule has 0 aliphatic heterocycles. The van der Waals surface area contributed by atoms with E-state index in [-0.39, 0.29) is 6.61 Å². The topological polar surface area (TPSA) is 55.2 Å². The van der Waals surface area contributed by atoms with Gasteiger partial charge in [-0.3, -0.25) is 0 Å². The third kappa shape index (κ3) is 3.18. The van der Waals surface area contributed by atoms with Crippen molar-refractivity contribution in [2.45, 2.75) is 20.1 Å². The van der Waals surface area contributed by atoms with Gasteiger partial charge in [-0.2, -0.15) is 4.98 Å². The Morgan fingerprint density at radius 3 is 2.94 bits per heavy atom. The second-order valence-corrected chi connectivity index (χ2v) is 4.26. The van der Waals surface area contributed by atoms with Gasteiger partial charge in [0.2, 0.25) is 5.88 Å². The molecular formula is C13H13ClN2O2. The molecule has 0 aliphatic rings. The van der Waals surface area contributed by atoms with Crippen molar-refractivity contribution in [3.8, 4) is 5.88 Å². The molecule has 0 amide bonds. The van der Waals surface area contributed by atoms with Crippen molar-refractivity contribution >= 4 is 11.6 Å². The van der Waals surface area contributed by atoms with Gasteiger partial charge in [0.05, 0.1) is 12.2 Å². The minimum absolute atomic E-state index is 0.148. The molecule has 0 unspecified atom stereocenters. The molecule has 1 N–H and O–H groups in total. The van der Waals surface area contributed by atoms with Crippen LogP contribution in [0.5, 0.6) is 5.88 Å². The summed E-state index contributed by atoms with van der Waals surface area (Å²) in [6.45, 7) is 1.97. The summed E-state index contributed by atoms with van der Waals surface area (Å²) in [5, 5.41) is 9.83. The van der Waals surface area contributed by atoms with Gasteiger partial charge in [-0.05, 0) is 24.6 Å². The normalized spacial score (nSPS) is 10.4. The molecule has 18 heavy (non-hydrogen) atoms. The second kappa shape index (κ2) is 5.80. The Hall–Kier alpha value is -1.65. The molecule has 0 fully saturated rings. The monoisotopic (exact) mass is 264 g/mol. The highest BCUT2D eigenvalue weighted by Crippen LogP contribution is 2.17. The number of aromatic nitrogens is 2. The average molecular weight is 265 g/mol. The number of nitrogens with zero attached hydrogens (tertiary/aromatic N) is 2. The molecule has 0 saturated carbocycles. The number of benzene rings is 1. The zero-order chi connectivity index (χ0) is 13.0. The lowest BCUT2D eigenvalue weighted by Crippen LogP contribution is -2.03. The van der Waals surface area contributed by atoms with Crippen molar-refractivity contribution in [1.82, 2.24) is 9.97 Å². The smallest absolute Gasteiger partial charge is 0.222 e. The molecule has 0 atom stereocenters. The van der Waals surface area contributed by atoms with Gasteiger partial charge < -0.3 is 9.84 Å². The highest BCUT2D eigenvalue weighted by Gasteiger charge is 2.06. The van der Waals surface area contributed by atoms with Crippen LogP contribution in [0.2, 0.25) is 5.02 Å². The fraction of sp³-hybridized carbons (Fsp3) is 0.231. The summed E-state index contributed by atoms with van der Waals surface area (Å²) < 4.78 is 5.58. The van der Waals surface area contributed by atoms with Crippen molar-refractivity contribution in [2.75, 3.05) is 0 Å². The molecule has 0 radical (unpaired) electrons. The van der Waals surface area contributed by atoms with Crippen molar-refractivity contribution in [1.29, 1.82) is 0 Å². The largest absolute Gasteiger partial charge is 0.472 e. The van der Waals surface area contributed by atoms with Gasteiger partial charge in [0.25, 0.3) is 0 Å². The first-order chi connectivity index (χ1) is 8.69. The number of aliphatic hydroxyl groups is 1. The Kier molecular flexibility index (Phi) is 4.12. The quantitative estimate of drug-likeness (QED) is 0.922. The van der Waals surface area contributed by atoms with E-state index in [4.69, 9.17) is 21.4 Å². The van der Waals surface area contributed by atoms with Crippen LogP contribution < -0.4 is 4.74 Å². The third-order valence-electron chi connectivity index (χ3n) is 2.38. The van der Waals surface area contributed by atoms with E-state index in [9.17, 15) is 0 Å². The average Bonchev–Trinajstić information content (AvgIpc) is 2.37. The number of hydrogen-bond acceptors (Lipinski definition) is 4. The SMILES string of the molecule is Cc1ncc(CO)c(OCc2cccc(Cl)c2)n1. The van der Waals surface area contributed by atoms with Gasteiger partial charge in [0, 0.05) is 11.2 Å². The van der Waals surface area contributed by atoms with Crippen LogP contribution >= 0.6 is 11.6 Å². The molecule has 0 bridgehead atoms. The number of aliphatic hydroxyl groups excluding tert-OH is 1. The van der Waals surface area contributed by atoms with Gasteiger partial charge >= 0.3 is 0 Å². The highest BCUT2D eigenvalue weighted by atomic mass is 35.5. The Morgan fingerprint density at radius 1 is 1.39 bits per heavy atom. The van der Waals surface area contributed by atoms with Gasteiger partial charge in [0.1, 0.15) is 12.4 Å². The van der Waals surface area contributed by atoms with Crippen LogP contribution in [0, 0.1) is 6.92 Å². The lowest BCUT2D eigenvalue weighted by atomic mass is 10.2. The minimum Gasteiger partial charge on any atom is -0.472 e. The van der Waals surface area contributed by atoms with Crippen LogP contribution in [0.3, 0.4) is 0 Å². The van der Waals surface area contributed by atoms with E-state index in [1.165, 1.54) is 0 Å². The van der Waals surface area contributed by atoms with Gasteiger partial charge in [-0.25, -0.2) is 4.98 Å².